The zero-order valence-corrected chi connectivity index (χ0v) is 10.5. The number of para-hydroxylation sites is 1. The van der Waals surface area contributed by atoms with E-state index in [0.717, 1.165) is 36.2 Å². The molecule has 0 saturated heterocycles. The molecule has 0 radical (unpaired) electrons. The summed E-state index contributed by atoms with van der Waals surface area (Å²) in [7, 11) is 0. The summed E-state index contributed by atoms with van der Waals surface area (Å²) < 4.78 is 11.2. The van der Waals surface area contributed by atoms with Gasteiger partial charge in [0.05, 0.1) is 12.9 Å². The molecule has 92 valence electrons. The van der Waals surface area contributed by atoms with Crippen LogP contribution in [-0.2, 0) is 6.42 Å². The maximum atomic E-state index is 5.61. The highest BCUT2D eigenvalue weighted by Crippen LogP contribution is 2.29. The lowest BCUT2D eigenvalue weighted by molar-refractivity contribution is 0.338. The summed E-state index contributed by atoms with van der Waals surface area (Å²) in [5.41, 5.74) is 2.10. The maximum absolute atomic E-state index is 5.61. The number of nitrogens with one attached hydrogen (secondary N) is 1. The lowest BCUT2D eigenvalue weighted by Crippen LogP contribution is -2.15. The minimum atomic E-state index is 0.659. The van der Waals surface area contributed by atoms with E-state index in [-0.39, 0.29) is 0 Å². The van der Waals surface area contributed by atoms with E-state index in [9.17, 15) is 0 Å². The molecule has 2 rings (SSSR count). The second kappa shape index (κ2) is 5.73. The van der Waals surface area contributed by atoms with Gasteiger partial charge in [0.25, 0.3) is 0 Å². The van der Waals surface area contributed by atoms with Crippen LogP contribution in [0.4, 0.5) is 0 Å². The van der Waals surface area contributed by atoms with Crippen LogP contribution in [0.2, 0.25) is 0 Å². The van der Waals surface area contributed by atoms with Gasteiger partial charge in [0, 0.05) is 5.39 Å². The molecule has 0 unspecified atom stereocenters. The summed E-state index contributed by atoms with van der Waals surface area (Å²) in [5.74, 6) is 0.833. The largest absolute Gasteiger partial charge is 0.490 e. The van der Waals surface area contributed by atoms with Gasteiger partial charge in [0.1, 0.15) is 0 Å². The number of rotatable bonds is 6. The van der Waals surface area contributed by atoms with Gasteiger partial charge >= 0.3 is 0 Å². The van der Waals surface area contributed by atoms with Gasteiger partial charge in [-0.05, 0) is 38.1 Å². The van der Waals surface area contributed by atoms with Crippen LogP contribution in [0.25, 0.3) is 11.0 Å². The van der Waals surface area contributed by atoms with Crippen molar-refractivity contribution >= 4 is 11.0 Å². The molecule has 0 fully saturated rings. The van der Waals surface area contributed by atoms with Crippen molar-refractivity contribution in [2.75, 3.05) is 19.7 Å². The quantitative estimate of drug-likeness (QED) is 0.779. The number of benzene rings is 1. The van der Waals surface area contributed by atoms with Crippen LogP contribution >= 0.6 is 0 Å². The summed E-state index contributed by atoms with van der Waals surface area (Å²) in [5, 5.41) is 4.48. The molecule has 3 heteroatoms. The van der Waals surface area contributed by atoms with E-state index in [1.807, 2.05) is 25.3 Å². The highest BCUT2D eigenvalue weighted by Gasteiger charge is 2.09. The lowest BCUT2D eigenvalue weighted by atomic mass is 10.1. The van der Waals surface area contributed by atoms with Crippen LogP contribution in [0.15, 0.2) is 28.9 Å². The van der Waals surface area contributed by atoms with Crippen molar-refractivity contribution in [3.8, 4) is 5.75 Å². The first-order valence-corrected chi connectivity index (χ1v) is 6.19. The third-order valence-corrected chi connectivity index (χ3v) is 2.76. The van der Waals surface area contributed by atoms with Crippen LogP contribution in [0.3, 0.4) is 0 Å². The van der Waals surface area contributed by atoms with Crippen molar-refractivity contribution in [3.05, 3.63) is 30.0 Å². The standard InChI is InChI=1S/C14H19NO2/c1-3-15-9-8-11-10-17-14-12(11)6-5-7-13(14)16-4-2/h5-7,10,15H,3-4,8-9H2,1-2H3. The summed E-state index contributed by atoms with van der Waals surface area (Å²) in [4.78, 5) is 0. The number of furan rings is 1. The van der Waals surface area contributed by atoms with Crippen molar-refractivity contribution in [2.24, 2.45) is 0 Å². The molecule has 0 atom stereocenters. The number of hydrogen-bond donors (Lipinski definition) is 1. The number of hydrogen-bond acceptors (Lipinski definition) is 3. The Hall–Kier alpha value is -1.48. The Morgan fingerprint density at radius 1 is 1.29 bits per heavy atom. The zero-order valence-electron chi connectivity index (χ0n) is 10.5. The highest BCUT2D eigenvalue weighted by molar-refractivity contribution is 5.86. The van der Waals surface area contributed by atoms with Gasteiger partial charge in [-0.1, -0.05) is 19.1 Å². The van der Waals surface area contributed by atoms with Crippen molar-refractivity contribution in [1.29, 1.82) is 0 Å². The second-order valence-corrected chi connectivity index (χ2v) is 3.93. The number of fused-ring (bicyclic) bond motifs is 1. The molecule has 17 heavy (non-hydrogen) atoms. The zero-order chi connectivity index (χ0) is 12.1. The molecule has 1 N–H and O–H groups in total. The summed E-state index contributed by atoms with van der Waals surface area (Å²) in [6.07, 6.45) is 2.82. The molecule has 1 aromatic heterocycles. The van der Waals surface area contributed by atoms with Gasteiger partial charge < -0.3 is 14.5 Å². The van der Waals surface area contributed by atoms with Gasteiger partial charge in [-0.25, -0.2) is 0 Å². The van der Waals surface area contributed by atoms with Crippen LogP contribution < -0.4 is 10.1 Å². The van der Waals surface area contributed by atoms with Crippen LogP contribution in [0.1, 0.15) is 19.4 Å². The van der Waals surface area contributed by atoms with Gasteiger partial charge in [-0.15, -0.1) is 0 Å². The predicted molar refractivity (Wildman–Crippen MR) is 69.6 cm³/mol. The molecular formula is C14H19NO2. The molecular weight excluding hydrogens is 214 g/mol. The van der Waals surface area contributed by atoms with E-state index in [4.69, 9.17) is 9.15 Å². The lowest BCUT2D eigenvalue weighted by Gasteiger charge is -2.03. The highest BCUT2D eigenvalue weighted by atomic mass is 16.5. The topological polar surface area (TPSA) is 34.4 Å². The van der Waals surface area contributed by atoms with Crippen molar-refractivity contribution < 1.29 is 9.15 Å². The molecule has 1 heterocycles. The number of likely N-dealkylation sites (N-methyl/N-ethyl adjacent to an activating group) is 1. The Balaban J connectivity index is 2.24. The maximum Gasteiger partial charge on any atom is 0.175 e. The predicted octanol–water partition coefficient (Wildman–Crippen LogP) is 2.98. The van der Waals surface area contributed by atoms with E-state index >= 15 is 0 Å². The summed E-state index contributed by atoms with van der Waals surface area (Å²) >= 11 is 0. The Bertz CT molecular complexity index is 476. The van der Waals surface area contributed by atoms with E-state index in [2.05, 4.69) is 18.3 Å². The summed E-state index contributed by atoms with van der Waals surface area (Å²) in [6.45, 7) is 6.73. The average Bonchev–Trinajstić information content (AvgIpc) is 2.75. The molecule has 0 aliphatic carbocycles. The molecule has 2 aromatic rings. The third-order valence-electron chi connectivity index (χ3n) is 2.76. The fraction of sp³-hybridized carbons (Fsp3) is 0.429. The Morgan fingerprint density at radius 3 is 2.94 bits per heavy atom. The molecule has 0 aliphatic heterocycles. The monoisotopic (exact) mass is 233 g/mol. The molecule has 0 aliphatic rings. The van der Waals surface area contributed by atoms with Crippen molar-refractivity contribution in [2.45, 2.75) is 20.3 Å². The fourth-order valence-corrected chi connectivity index (χ4v) is 1.95. The molecule has 0 amide bonds. The first-order valence-electron chi connectivity index (χ1n) is 6.19. The molecule has 0 saturated carbocycles. The average molecular weight is 233 g/mol. The minimum Gasteiger partial charge on any atom is -0.490 e. The Morgan fingerprint density at radius 2 is 2.18 bits per heavy atom. The fourth-order valence-electron chi connectivity index (χ4n) is 1.95. The van der Waals surface area contributed by atoms with E-state index in [1.54, 1.807) is 0 Å². The molecule has 1 aromatic carbocycles. The Labute approximate surface area is 102 Å². The first kappa shape index (κ1) is 12.0. The molecule has 3 nitrogen and oxygen atoms in total. The molecule has 0 bridgehead atoms. The summed E-state index contributed by atoms with van der Waals surface area (Å²) in [6, 6.07) is 6.05. The van der Waals surface area contributed by atoms with Crippen LogP contribution in [0.5, 0.6) is 5.75 Å². The van der Waals surface area contributed by atoms with Gasteiger partial charge in [-0.2, -0.15) is 0 Å². The van der Waals surface area contributed by atoms with E-state index in [0.29, 0.717) is 6.61 Å². The molecule has 0 spiro atoms. The van der Waals surface area contributed by atoms with E-state index < -0.39 is 0 Å². The Kier molecular flexibility index (Phi) is 4.04. The normalized spacial score (nSPS) is 10.9. The van der Waals surface area contributed by atoms with Crippen LogP contribution in [-0.4, -0.2) is 19.7 Å². The van der Waals surface area contributed by atoms with Gasteiger partial charge in [-0.3, -0.25) is 0 Å². The third kappa shape index (κ3) is 2.61. The smallest absolute Gasteiger partial charge is 0.175 e. The first-order chi connectivity index (χ1) is 8.36. The van der Waals surface area contributed by atoms with E-state index in [1.165, 1.54) is 5.56 Å². The SMILES string of the molecule is CCNCCc1coc2c(OCC)cccc12. The van der Waals surface area contributed by atoms with Crippen molar-refractivity contribution in [3.63, 3.8) is 0 Å². The number of ether oxygens (including phenoxy) is 1. The minimum absolute atomic E-state index is 0.659. The van der Waals surface area contributed by atoms with Gasteiger partial charge in [0.15, 0.2) is 11.3 Å². The van der Waals surface area contributed by atoms with Crippen LogP contribution in [0, 0.1) is 0 Å². The van der Waals surface area contributed by atoms with Gasteiger partial charge in [0.2, 0.25) is 0 Å². The van der Waals surface area contributed by atoms with Crippen molar-refractivity contribution in [1.82, 2.24) is 5.32 Å². The second-order valence-electron chi connectivity index (χ2n) is 3.93.